The van der Waals surface area contributed by atoms with E-state index in [1.54, 1.807) is 35.7 Å². The number of aromatic nitrogens is 1. The van der Waals surface area contributed by atoms with Gasteiger partial charge in [-0.15, -0.1) is 11.3 Å². The van der Waals surface area contributed by atoms with E-state index in [0.29, 0.717) is 13.0 Å². The van der Waals surface area contributed by atoms with Crippen molar-refractivity contribution >= 4 is 17.2 Å². The van der Waals surface area contributed by atoms with E-state index in [-0.39, 0.29) is 12.5 Å². The topological polar surface area (TPSA) is 53.4 Å². The van der Waals surface area contributed by atoms with E-state index >= 15 is 0 Å². The number of thiophene rings is 1. The molecule has 0 saturated carbocycles. The van der Waals surface area contributed by atoms with Crippen molar-refractivity contribution in [3.05, 3.63) is 52.0 Å². The predicted molar refractivity (Wildman–Crippen MR) is 82.7 cm³/mol. The average Bonchev–Trinajstić information content (AvgIpc) is 2.93. The van der Waals surface area contributed by atoms with E-state index in [9.17, 15) is 4.79 Å². The van der Waals surface area contributed by atoms with Crippen LogP contribution in [0.25, 0.3) is 0 Å². The monoisotopic (exact) mass is 300 g/mol. The van der Waals surface area contributed by atoms with Gasteiger partial charge in [0, 0.05) is 35.3 Å². The minimum Gasteiger partial charge on any atom is -0.384 e. The number of rotatable bonds is 4. The molecule has 1 amide bonds. The van der Waals surface area contributed by atoms with E-state index in [1.165, 1.54) is 0 Å². The van der Waals surface area contributed by atoms with Crippen molar-refractivity contribution in [2.45, 2.75) is 13.0 Å². The van der Waals surface area contributed by atoms with E-state index in [1.807, 2.05) is 23.6 Å². The predicted octanol–water partition coefficient (Wildman–Crippen LogP) is 1.69. The molecule has 0 atom stereocenters. The molecule has 0 unspecified atom stereocenters. The Hall–Kier alpha value is -2.16. The van der Waals surface area contributed by atoms with Crippen LogP contribution in [0.4, 0.5) is 0 Å². The van der Waals surface area contributed by atoms with Gasteiger partial charge in [-0.25, -0.2) is 0 Å². The minimum atomic E-state index is -0.144. The average molecular weight is 300 g/mol. The lowest BCUT2D eigenvalue weighted by molar-refractivity contribution is -0.129. The van der Waals surface area contributed by atoms with Crippen molar-refractivity contribution in [1.29, 1.82) is 0 Å². The summed E-state index contributed by atoms with van der Waals surface area (Å²) in [5.74, 6) is 5.52. The van der Waals surface area contributed by atoms with Gasteiger partial charge in [0.2, 0.25) is 5.91 Å². The van der Waals surface area contributed by atoms with Crippen molar-refractivity contribution in [1.82, 2.24) is 9.88 Å². The maximum absolute atomic E-state index is 12.1. The molecule has 2 rings (SSSR count). The highest BCUT2D eigenvalue weighted by atomic mass is 32.1. The Morgan fingerprint density at radius 2 is 2.38 bits per heavy atom. The smallest absolute Gasteiger partial charge is 0.227 e. The van der Waals surface area contributed by atoms with Crippen LogP contribution >= 0.6 is 11.3 Å². The molecular weight excluding hydrogens is 284 g/mol. The van der Waals surface area contributed by atoms with Gasteiger partial charge in [-0.2, -0.15) is 0 Å². The highest BCUT2D eigenvalue weighted by Gasteiger charge is 2.11. The largest absolute Gasteiger partial charge is 0.384 e. The third kappa shape index (κ3) is 4.71. The summed E-state index contributed by atoms with van der Waals surface area (Å²) in [7, 11) is 1.79. The second-order valence-electron chi connectivity index (χ2n) is 4.55. The van der Waals surface area contributed by atoms with Crippen LogP contribution < -0.4 is 0 Å². The molecular formula is C16H16N2O2S. The third-order valence-corrected chi connectivity index (χ3v) is 3.78. The molecule has 0 aliphatic rings. The Morgan fingerprint density at radius 1 is 1.52 bits per heavy atom. The van der Waals surface area contributed by atoms with Crippen LogP contribution in [0.5, 0.6) is 0 Å². The van der Waals surface area contributed by atoms with E-state index < -0.39 is 0 Å². The zero-order valence-electron chi connectivity index (χ0n) is 11.7. The van der Waals surface area contributed by atoms with Crippen LogP contribution in [-0.2, 0) is 17.8 Å². The van der Waals surface area contributed by atoms with Crippen LogP contribution in [0, 0.1) is 11.8 Å². The molecule has 0 bridgehead atoms. The molecule has 0 saturated heterocycles. The van der Waals surface area contributed by atoms with E-state index in [0.717, 1.165) is 16.0 Å². The summed E-state index contributed by atoms with van der Waals surface area (Å²) < 4.78 is 0. The van der Waals surface area contributed by atoms with Crippen LogP contribution in [0.1, 0.15) is 16.0 Å². The molecule has 0 aromatic carbocycles. The summed E-state index contributed by atoms with van der Waals surface area (Å²) in [6, 6.07) is 5.67. The fourth-order valence-corrected chi connectivity index (χ4v) is 2.67. The first-order chi connectivity index (χ1) is 10.2. The number of likely N-dealkylation sites (N-methyl/N-ethyl adjacent to an activating group) is 1. The fraction of sp³-hybridized carbons (Fsp3) is 0.250. The van der Waals surface area contributed by atoms with Gasteiger partial charge in [-0.05, 0) is 17.7 Å². The number of aliphatic hydroxyl groups excluding tert-OH is 1. The lowest BCUT2D eigenvalue weighted by Crippen LogP contribution is -2.27. The number of carbonyl (C=O) groups is 1. The molecule has 2 heterocycles. The summed E-state index contributed by atoms with van der Waals surface area (Å²) in [5, 5.41) is 10.6. The Bertz CT molecular complexity index is 656. The molecule has 5 heteroatoms. The number of amides is 1. The SMILES string of the molecule is CN(Cc1cc(C#CCO)cs1)C(=O)Cc1cccnc1. The van der Waals surface area contributed by atoms with Crippen molar-refractivity contribution in [3.63, 3.8) is 0 Å². The van der Waals surface area contributed by atoms with Crippen LogP contribution in [0.2, 0.25) is 0 Å². The Morgan fingerprint density at radius 3 is 3.10 bits per heavy atom. The van der Waals surface area contributed by atoms with Gasteiger partial charge >= 0.3 is 0 Å². The Labute approximate surface area is 128 Å². The van der Waals surface area contributed by atoms with Crippen molar-refractivity contribution in [2.24, 2.45) is 0 Å². The maximum atomic E-state index is 12.1. The number of hydrogen-bond acceptors (Lipinski definition) is 4. The van der Waals surface area contributed by atoms with Gasteiger partial charge in [0.15, 0.2) is 0 Å². The molecule has 21 heavy (non-hydrogen) atoms. The van der Waals surface area contributed by atoms with Crippen molar-refractivity contribution in [2.75, 3.05) is 13.7 Å². The summed E-state index contributed by atoms with van der Waals surface area (Å²) in [5.41, 5.74) is 1.78. The zero-order chi connectivity index (χ0) is 15.1. The molecule has 0 fully saturated rings. The van der Waals surface area contributed by atoms with Gasteiger partial charge in [0.05, 0.1) is 13.0 Å². The molecule has 0 spiro atoms. The highest BCUT2D eigenvalue weighted by Crippen LogP contribution is 2.16. The van der Waals surface area contributed by atoms with Crippen LogP contribution in [0.3, 0.4) is 0 Å². The highest BCUT2D eigenvalue weighted by molar-refractivity contribution is 7.10. The number of hydrogen-bond donors (Lipinski definition) is 1. The second-order valence-corrected chi connectivity index (χ2v) is 5.55. The van der Waals surface area contributed by atoms with Crippen molar-refractivity contribution in [3.8, 4) is 11.8 Å². The van der Waals surface area contributed by atoms with Gasteiger partial charge < -0.3 is 10.0 Å². The molecule has 0 radical (unpaired) electrons. The third-order valence-electron chi connectivity index (χ3n) is 2.86. The van der Waals surface area contributed by atoms with Crippen LogP contribution in [0.15, 0.2) is 36.0 Å². The first kappa shape index (κ1) is 15.2. The Kier molecular flexibility index (Phi) is 5.50. The molecule has 2 aromatic rings. The lowest BCUT2D eigenvalue weighted by atomic mass is 10.2. The minimum absolute atomic E-state index is 0.0550. The first-order valence-corrected chi connectivity index (χ1v) is 7.37. The molecule has 1 N–H and O–H groups in total. The first-order valence-electron chi connectivity index (χ1n) is 6.49. The number of aliphatic hydroxyl groups is 1. The summed E-state index contributed by atoms with van der Waals surface area (Å²) in [4.78, 5) is 18.9. The van der Waals surface area contributed by atoms with Gasteiger partial charge in [0.25, 0.3) is 0 Å². The fourth-order valence-electron chi connectivity index (χ4n) is 1.80. The molecule has 2 aromatic heterocycles. The lowest BCUT2D eigenvalue weighted by Gasteiger charge is -2.16. The van der Waals surface area contributed by atoms with Gasteiger partial charge in [-0.3, -0.25) is 9.78 Å². The normalized spacial score (nSPS) is 9.81. The summed E-state index contributed by atoms with van der Waals surface area (Å²) in [6.07, 6.45) is 3.75. The number of nitrogens with zero attached hydrogens (tertiary/aromatic N) is 2. The Balaban J connectivity index is 1.93. The molecule has 108 valence electrons. The number of pyridine rings is 1. The number of carbonyl (C=O) groups excluding carboxylic acids is 1. The summed E-state index contributed by atoms with van der Waals surface area (Å²) in [6.45, 7) is 0.416. The molecule has 0 aliphatic carbocycles. The maximum Gasteiger partial charge on any atom is 0.227 e. The van der Waals surface area contributed by atoms with Gasteiger partial charge in [0.1, 0.15) is 6.61 Å². The molecule has 4 nitrogen and oxygen atoms in total. The zero-order valence-corrected chi connectivity index (χ0v) is 12.6. The van der Waals surface area contributed by atoms with Crippen LogP contribution in [-0.4, -0.2) is 34.6 Å². The van der Waals surface area contributed by atoms with E-state index in [2.05, 4.69) is 16.8 Å². The van der Waals surface area contributed by atoms with Gasteiger partial charge in [-0.1, -0.05) is 17.9 Å². The molecule has 0 aliphatic heterocycles. The quantitative estimate of drug-likeness (QED) is 0.874. The second kappa shape index (κ2) is 7.58. The standard InChI is InChI=1S/C16H16N2O2S/c1-18(16(20)9-13-4-2-6-17-10-13)11-15-8-14(12-21-15)5-3-7-19/h2,4,6,8,10,12,19H,7,9,11H2,1H3. The van der Waals surface area contributed by atoms with E-state index in [4.69, 9.17) is 5.11 Å². The van der Waals surface area contributed by atoms with Crippen molar-refractivity contribution < 1.29 is 9.90 Å². The summed E-state index contributed by atoms with van der Waals surface area (Å²) >= 11 is 1.56.